The molecule has 0 radical (unpaired) electrons. The molecule has 4 rings (SSSR count). The predicted molar refractivity (Wildman–Crippen MR) is 103 cm³/mol. The van der Waals surface area contributed by atoms with E-state index < -0.39 is 0 Å². The van der Waals surface area contributed by atoms with E-state index >= 15 is 0 Å². The number of aromatic nitrogens is 4. The monoisotopic (exact) mass is 383 g/mol. The Bertz CT molecular complexity index is 865. The van der Waals surface area contributed by atoms with Crippen LogP contribution in [0.15, 0.2) is 24.3 Å². The van der Waals surface area contributed by atoms with Gasteiger partial charge in [0.25, 0.3) is 0 Å². The van der Waals surface area contributed by atoms with Gasteiger partial charge in [-0.15, -0.1) is 10.2 Å². The number of likely N-dealkylation sites (N-methyl/N-ethyl adjacent to an activating group) is 1. The minimum atomic E-state index is -0.283. The molecule has 0 bridgehead atoms. The van der Waals surface area contributed by atoms with E-state index in [-0.39, 0.29) is 29.7 Å². The van der Waals surface area contributed by atoms with Crippen molar-refractivity contribution in [2.24, 2.45) is 5.92 Å². The fourth-order valence-electron chi connectivity index (χ4n) is 3.95. The Balaban J connectivity index is 1.43. The Kier molecular flexibility index (Phi) is 4.62. The molecule has 3 heterocycles. The molecule has 148 valence electrons. The summed E-state index contributed by atoms with van der Waals surface area (Å²) in [6, 6.07) is 7.42. The van der Waals surface area contributed by atoms with Gasteiger partial charge >= 0.3 is 0 Å². The number of tetrazole rings is 1. The first kappa shape index (κ1) is 18.5. The molecule has 9 nitrogen and oxygen atoms in total. The van der Waals surface area contributed by atoms with E-state index in [2.05, 4.69) is 32.4 Å². The van der Waals surface area contributed by atoms with Gasteiger partial charge in [0.1, 0.15) is 0 Å². The Hall–Kier alpha value is -2.81. The van der Waals surface area contributed by atoms with E-state index in [1.165, 1.54) is 0 Å². The minimum absolute atomic E-state index is 0.00292. The van der Waals surface area contributed by atoms with E-state index in [9.17, 15) is 9.59 Å². The normalized spacial score (nSPS) is 25.1. The zero-order valence-corrected chi connectivity index (χ0v) is 16.4. The molecule has 1 N–H and O–H groups in total. The second-order valence-corrected chi connectivity index (χ2v) is 8.09. The summed E-state index contributed by atoms with van der Waals surface area (Å²) in [6.07, 6.45) is 1.22. The number of likely N-dealkylation sites (tertiary alicyclic amines) is 1. The van der Waals surface area contributed by atoms with Crippen LogP contribution in [-0.2, 0) is 9.59 Å². The molecule has 2 aliphatic heterocycles. The number of carbonyl (C=O) groups is 2. The quantitative estimate of drug-likeness (QED) is 0.838. The van der Waals surface area contributed by atoms with Crippen molar-refractivity contribution in [1.82, 2.24) is 30.4 Å². The van der Waals surface area contributed by atoms with Crippen LogP contribution in [0.25, 0.3) is 11.4 Å². The highest BCUT2D eigenvalue weighted by molar-refractivity contribution is 6.00. The summed E-state index contributed by atoms with van der Waals surface area (Å²) in [6.45, 7) is 4.06. The van der Waals surface area contributed by atoms with Crippen molar-refractivity contribution in [2.45, 2.75) is 25.3 Å². The van der Waals surface area contributed by atoms with Crippen molar-refractivity contribution in [3.05, 3.63) is 24.3 Å². The van der Waals surface area contributed by atoms with Crippen molar-refractivity contribution in [1.29, 1.82) is 0 Å². The lowest BCUT2D eigenvalue weighted by Gasteiger charge is -2.32. The molecule has 2 aliphatic rings. The van der Waals surface area contributed by atoms with Crippen LogP contribution >= 0.6 is 0 Å². The van der Waals surface area contributed by atoms with Crippen molar-refractivity contribution in [2.75, 3.05) is 38.6 Å². The van der Waals surface area contributed by atoms with Gasteiger partial charge in [0.2, 0.25) is 17.6 Å². The second kappa shape index (κ2) is 6.97. The highest BCUT2D eigenvalue weighted by atomic mass is 16.2. The Morgan fingerprint density at radius 1 is 1.29 bits per heavy atom. The smallest absolute Gasteiger partial charge is 0.228 e. The van der Waals surface area contributed by atoms with Crippen molar-refractivity contribution >= 4 is 17.5 Å². The third-order valence-electron chi connectivity index (χ3n) is 6.10. The number of hydrogen-bond donors (Lipinski definition) is 1. The van der Waals surface area contributed by atoms with Gasteiger partial charge in [0.05, 0.1) is 5.92 Å². The number of rotatable bonds is 4. The summed E-state index contributed by atoms with van der Waals surface area (Å²) in [4.78, 5) is 31.3. The molecule has 28 heavy (non-hydrogen) atoms. The van der Waals surface area contributed by atoms with E-state index in [0.29, 0.717) is 18.9 Å². The number of anilines is 1. The first-order chi connectivity index (χ1) is 13.4. The molecule has 2 aromatic rings. The van der Waals surface area contributed by atoms with E-state index in [0.717, 1.165) is 24.2 Å². The lowest BCUT2D eigenvalue weighted by atomic mass is 10.0. The molecular formula is C19H25N7O2. The summed E-state index contributed by atoms with van der Waals surface area (Å²) in [5.41, 5.74) is 1.60. The minimum Gasteiger partial charge on any atom is -0.340 e. The zero-order valence-electron chi connectivity index (χ0n) is 16.4. The maximum atomic E-state index is 13.0. The molecule has 0 saturated carbocycles. The van der Waals surface area contributed by atoms with E-state index in [1.807, 2.05) is 43.3 Å². The van der Waals surface area contributed by atoms with Crippen molar-refractivity contribution in [3.8, 4) is 11.4 Å². The van der Waals surface area contributed by atoms with Gasteiger partial charge in [-0.05, 0) is 56.9 Å². The topological polar surface area (TPSA) is 98.3 Å². The molecule has 2 saturated heterocycles. The Labute approximate surface area is 163 Å². The summed E-state index contributed by atoms with van der Waals surface area (Å²) < 4.78 is 0. The van der Waals surface area contributed by atoms with Gasteiger partial charge in [-0.25, -0.2) is 0 Å². The number of hydrogen-bond acceptors (Lipinski definition) is 6. The van der Waals surface area contributed by atoms with E-state index in [1.54, 1.807) is 4.90 Å². The highest BCUT2D eigenvalue weighted by Gasteiger charge is 2.42. The predicted octanol–water partition coefficient (Wildman–Crippen LogP) is 0.772. The number of H-pyrrole nitrogens is 1. The summed E-state index contributed by atoms with van der Waals surface area (Å²) in [7, 11) is 4.10. The van der Waals surface area contributed by atoms with Gasteiger partial charge in [-0.3, -0.25) is 9.59 Å². The first-order valence-corrected chi connectivity index (χ1v) is 9.48. The molecular weight excluding hydrogens is 358 g/mol. The lowest BCUT2D eigenvalue weighted by molar-refractivity contribution is -0.135. The van der Waals surface area contributed by atoms with Crippen LogP contribution in [0.1, 0.15) is 19.8 Å². The number of amides is 2. The van der Waals surface area contributed by atoms with Crippen LogP contribution in [0.4, 0.5) is 5.69 Å². The van der Waals surface area contributed by atoms with Gasteiger partial charge in [0, 0.05) is 42.8 Å². The first-order valence-electron chi connectivity index (χ1n) is 9.48. The summed E-state index contributed by atoms with van der Waals surface area (Å²) >= 11 is 0. The fraction of sp³-hybridized carbons (Fsp3) is 0.526. The van der Waals surface area contributed by atoms with Gasteiger partial charge in [0.15, 0.2) is 0 Å². The number of aromatic amines is 1. The van der Waals surface area contributed by atoms with Crippen LogP contribution < -0.4 is 4.90 Å². The van der Waals surface area contributed by atoms with Gasteiger partial charge < -0.3 is 14.7 Å². The van der Waals surface area contributed by atoms with Gasteiger partial charge in [-0.2, -0.15) is 5.21 Å². The molecule has 1 aromatic carbocycles. The summed E-state index contributed by atoms with van der Waals surface area (Å²) in [5.74, 6) is 0.296. The van der Waals surface area contributed by atoms with Crippen LogP contribution in [0.2, 0.25) is 0 Å². The van der Waals surface area contributed by atoms with E-state index in [4.69, 9.17) is 0 Å². The zero-order chi connectivity index (χ0) is 19.9. The number of carbonyl (C=O) groups excluding carboxylic acids is 2. The highest BCUT2D eigenvalue weighted by Crippen LogP contribution is 2.31. The van der Waals surface area contributed by atoms with Crippen LogP contribution in [0.3, 0.4) is 0 Å². The maximum Gasteiger partial charge on any atom is 0.228 e. The SMILES string of the molecule is CN(C)C1(C)CCN(C(=O)C2CC(=O)N(c3ccc(-c4nn[nH]n4)cc3)C2)C1. The van der Waals surface area contributed by atoms with Crippen molar-refractivity contribution in [3.63, 3.8) is 0 Å². The molecule has 1 aromatic heterocycles. The second-order valence-electron chi connectivity index (χ2n) is 8.09. The maximum absolute atomic E-state index is 13.0. The third kappa shape index (κ3) is 3.26. The molecule has 2 atom stereocenters. The number of benzene rings is 1. The number of nitrogens with zero attached hydrogens (tertiary/aromatic N) is 6. The average molecular weight is 383 g/mol. The molecule has 2 unspecified atom stereocenters. The third-order valence-corrected chi connectivity index (χ3v) is 6.10. The number of nitrogens with one attached hydrogen (secondary N) is 1. The van der Waals surface area contributed by atoms with Crippen molar-refractivity contribution < 1.29 is 9.59 Å². The average Bonchev–Trinajstić information content (AvgIpc) is 3.42. The molecule has 9 heteroatoms. The van der Waals surface area contributed by atoms with Crippen LogP contribution in [0, 0.1) is 5.92 Å². The fourth-order valence-corrected chi connectivity index (χ4v) is 3.95. The Morgan fingerprint density at radius 3 is 2.64 bits per heavy atom. The molecule has 2 fully saturated rings. The standard InChI is InChI=1S/C19H25N7O2/c1-19(24(2)3)8-9-25(12-19)18(28)14-10-16(27)26(11-14)15-6-4-13(5-7-15)17-20-22-23-21-17/h4-7,14H,8-12H2,1-3H3,(H,20,21,22,23). The van der Waals surface area contributed by atoms with Crippen LogP contribution in [-0.4, -0.2) is 81.5 Å². The summed E-state index contributed by atoms with van der Waals surface area (Å²) in [5, 5.41) is 13.9. The van der Waals surface area contributed by atoms with Gasteiger partial charge in [-0.1, -0.05) is 0 Å². The molecule has 2 amide bonds. The lowest BCUT2D eigenvalue weighted by Crippen LogP contribution is -2.45. The Morgan fingerprint density at radius 2 is 2.04 bits per heavy atom. The molecule has 0 aliphatic carbocycles. The largest absolute Gasteiger partial charge is 0.340 e. The molecule has 0 spiro atoms. The van der Waals surface area contributed by atoms with Crippen LogP contribution in [0.5, 0.6) is 0 Å².